The number of aliphatic imine (C=N–C) groups is 1. The number of carbonyl (C=O) groups is 2. The summed E-state index contributed by atoms with van der Waals surface area (Å²) in [5.41, 5.74) is 2.02. The topological polar surface area (TPSA) is 80.2 Å². The first-order valence-corrected chi connectivity index (χ1v) is 9.98. The Bertz CT molecular complexity index is 949. The number of thiocarbonyl (C=S) groups is 1. The van der Waals surface area contributed by atoms with Crippen molar-refractivity contribution < 1.29 is 19.1 Å². The molecule has 2 amide bonds. The van der Waals surface area contributed by atoms with E-state index in [1.54, 1.807) is 24.3 Å². The quantitative estimate of drug-likeness (QED) is 0.575. The number of amides is 2. The fraction of sp³-hybridized carbons (Fsp3) is 0.333. The smallest absolute Gasteiger partial charge is 0.251 e. The van der Waals surface area contributed by atoms with Crippen molar-refractivity contribution >= 4 is 34.9 Å². The number of benzene rings is 1. The first-order valence-electron chi connectivity index (χ1n) is 9.57. The second kappa shape index (κ2) is 8.16. The van der Waals surface area contributed by atoms with Crippen LogP contribution in [-0.2, 0) is 20.8 Å². The molecule has 7 nitrogen and oxygen atoms in total. The normalized spacial score (nSPS) is 20.0. The molecule has 0 radical (unpaired) electrons. The molecule has 8 heteroatoms. The van der Waals surface area contributed by atoms with Crippen molar-refractivity contribution in [2.24, 2.45) is 10.9 Å². The van der Waals surface area contributed by atoms with E-state index in [9.17, 15) is 9.59 Å². The number of unbranched alkanes of at least 4 members (excludes halogenated alkanes) is 1. The minimum absolute atomic E-state index is 0.0981. The Labute approximate surface area is 174 Å². The molecule has 0 bridgehead atoms. The van der Waals surface area contributed by atoms with E-state index in [1.165, 1.54) is 4.90 Å². The van der Waals surface area contributed by atoms with Crippen molar-refractivity contribution in [1.29, 1.82) is 0 Å². The van der Waals surface area contributed by atoms with E-state index in [-0.39, 0.29) is 23.7 Å². The summed E-state index contributed by atoms with van der Waals surface area (Å²) in [4.78, 5) is 31.0. The van der Waals surface area contributed by atoms with Crippen LogP contribution in [0.15, 0.2) is 52.9 Å². The lowest BCUT2D eigenvalue weighted by atomic mass is 9.93. The summed E-state index contributed by atoms with van der Waals surface area (Å²) in [5, 5.41) is 3.11. The molecule has 0 saturated carbocycles. The molecule has 2 heterocycles. The summed E-state index contributed by atoms with van der Waals surface area (Å²) in [6.07, 6.45) is 5.41. The molecular formula is C21H21N3O4S. The van der Waals surface area contributed by atoms with E-state index in [1.807, 2.05) is 12.1 Å². The Balaban J connectivity index is 1.46. The van der Waals surface area contributed by atoms with Gasteiger partial charge in [0.05, 0.1) is 12.3 Å². The largest absolute Gasteiger partial charge is 0.454 e. The van der Waals surface area contributed by atoms with Crippen LogP contribution in [0.5, 0.6) is 0 Å². The van der Waals surface area contributed by atoms with Gasteiger partial charge in [-0.05, 0) is 42.4 Å². The predicted octanol–water partition coefficient (Wildman–Crippen LogP) is 2.69. The van der Waals surface area contributed by atoms with Crippen LogP contribution in [0, 0.1) is 5.92 Å². The second-order valence-corrected chi connectivity index (χ2v) is 7.34. The van der Waals surface area contributed by atoms with Crippen molar-refractivity contribution in [3.05, 3.63) is 59.1 Å². The Morgan fingerprint density at radius 2 is 2.03 bits per heavy atom. The highest BCUT2D eigenvalue weighted by atomic mass is 32.1. The molecule has 1 aromatic rings. The molecule has 1 aromatic carbocycles. The number of carbonyl (C=O) groups excluding carboxylic acids is 2. The summed E-state index contributed by atoms with van der Waals surface area (Å²) >= 11 is 5.35. The third kappa shape index (κ3) is 3.93. The van der Waals surface area contributed by atoms with Crippen molar-refractivity contribution in [2.45, 2.75) is 26.3 Å². The maximum absolute atomic E-state index is 13.0. The Hall–Kier alpha value is -3.00. The van der Waals surface area contributed by atoms with Crippen LogP contribution in [0.2, 0.25) is 0 Å². The highest BCUT2D eigenvalue weighted by Gasteiger charge is 2.38. The van der Waals surface area contributed by atoms with Gasteiger partial charge in [-0.15, -0.1) is 0 Å². The van der Waals surface area contributed by atoms with Gasteiger partial charge in [0, 0.05) is 18.2 Å². The van der Waals surface area contributed by atoms with Gasteiger partial charge in [0.2, 0.25) is 17.8 Å². The lowest BCUT2D eigenvalue weighted by molar-refractivity contribution is -0.129. The van der Waals surface area contributed by atoms with E-state index >= 15 is 0 Å². The third-order valence-electron chi connectivity index (χ3n) is 4.95. The van der Waals surface area contributed by atoms with Crippen LogP contribution in [0.25, 0.3) is 0 Å². The maximum atomic E-state index is 13.0. The van der Waals surface area contributed by atoms with Gasteiger partial charge in [-0.1, -0.05) is 25.5 Å². The van der Waals surface area contributed by atoms with E-state index in [0.717, 1.165) is 18.4 Å². The van der Waals surface area contributed by atoms with Crippen LogP contribution in [0.4, 0.5) is 0 Å². The van der Waals surface area contributed by atoms with Crippen LogP contribution in [-0.4, -0.2) is 40.9 Å². The Kier molecular flexibility index (Phi) is 5.44. The highest BCUT2D eigenvalue weighted by molar-refractivity contribution is 7.80. The first kappa shape index (κ1) is 19.3. The number of ether oxygens (including phenoxy) is 2. The van der Waals surface area contributed by atoms with Crippen LogP contribution in [0.3, 0.4) is 0 Å². The van der Waals surface area contributed by atoms with Crippen molar-refractivity contribution in [3.8, 4) is 0 Å². The van der Waals surface area contributed by atoms with E-state index < -0.39 is 5.92 Å². The van der Waals surface area contributed by atoms with Gasteiger partial charge in [-0.2, -0.15) is 0 Å². The molecule has 0 spiro atoms. The van der Waals surface area contributed by atoms with Gasteiger partial charge >= 0.3 is 0 Å². The predicted molar refractivity (Wildman–Crippen MR) is 111 cm³/mol. The average Bonchev–Trinajstić information content (AvgIpc) is 3.18. The fourth-order valence-electron chi connectivity index (χ4n) is 3.31. The van der Waals surface area contributed by atoms with Gasteiger partial charge < -0.3 is 14.8 Å². The summed E-state index contributed by atoms with van der Waals surface area (Å²) in [7, 11) is 0. The molecule has 1 saturated heterocycles. The van der Waals surface area contributed by atoms with E-state index in [2.05, 4.69) is 17.2 Å². The van der Waals surface area contributed by atoms with Gasteiger partial charge in [0.1, 0.15) is 5.92 Å². The average molecular weight is 411 g/mol. The zero-order valence-electron chi connectivity index (χ0n) is 16.0. The molecule has 1 fully saturated rings. The Morgan fingerprint density at radius 3 is 2.79 bits per heavy atom. The van der Waals surface area contributed by atoms with E-state index in [0.29, 0.717) is 35.9 Å². The van der Waals surface area contributed by atoms with Crippen molar-refractivity contribution in [3.63, 3.8) is 0 Å². The molecule has 29 heavy (non-hydrogen) atoms. The minimum atomic E-state index is -0.536. The molecule has 1 unspecified atom stereocenters. The molecule has 1 aliphatic carbocycles. The summed E-state index contributed by atoms with van der Waals surface area (Å²) in [5.74, 6) is 0.356. The summed E-state index contributed by atoms with van der Waals surface area (Å²) < 4.78 is 10.7. The number of hydrogen-bond acceptors (Lipinski definition) is 5. The highest BCUT2D eigenvalue weighted by Crippen LogP contribution is 2.31. The summed E-state index contributed by atoms with van der Waals surface area (Å²) in [6, 6.07) is 7.17. The molecule has 1 N–H and O–H groups in total. The number of nitrogens with one attached hydrogen (secondary N) is 1. The van der Waals surface area contributed by atoms with Gasteiger partial charge in [0.25, 0.3) is 5.91 Å². The molecule has 2 aliphatic heterocycles. The number of fused-ring (bicyclic) bond motifs is 2. The molecule has 150 valence electrons. The number of hydrogen-bond donors (Lipinski definition) is 1. The zero-order chi connectivity index (χ0) is 20.4. The number of allylic oxidation sites excluding steroid dienone is 1. The van der Waals surface area contributed by atoms with Crippen LogP contribution >= 0.6 is 12.2 Å². The van der Waals surface area contributed by atoms with Gasteiger partial charge in [-0.25, -0.2) is 4.99 Å². The first-order chi connectivity index (χ1) is 14.1. The van der Waals surface area contributed by atoms with Gasteiger partial charge in [-0.3, -0.25) is 14.5 Å². The van der Waals surface area contributed by atoms with Crippen LogP contribution in [0.1, 0.15) is 35.7 Å². The van der Waals surface area contributed by atoms with Crippen LogP contribution < -0.4 is 5.32 Å². The monoisotopic (exact) mass is 411 g/mol. The second-order valence-electron chi connectivity index (χ2n) is 6.97. The number of nitrogens with zero attached hydrogens (tertiary/aromatic N) is 2. The van der Waals surface area contributed by atoms with E-state index in [4.69, 9.17) is 21.7 Å². The van der Waals surface area contributed by atoms with Crippen molar-refractivity contribution in [2.75, 3.05) is 13.3 Å². The summed E-state index contributed by atoms with van der Waals surface area (Å²) in [6.45, 7) is 3.17. The SMILES string of the molecule is CCCCNC(=O)c1ccc(CN2C(=O)C3C=C4OCOC4=CC3=NC2=S)cc1. The minimum Gasteiger partial charge on any atom is -0.454 e. The molecular weight excluding hydrogens is 390 g/mol. The maximum Gasteiger partial charge on any atom is 0.251 e. The standard InChI is InChI=1S/C21H21N3O4S/c1-2-3-8-22-19(25)14-6-4-13(5-7-14)11-24-20(26)15-9-17-18(28-12-27-17)10-16(15)23-21(24)29/h4-7,9-10,15H,2-3,8,11-12H2,1H3,(H,22,25). The molecule has 0 aromatic heterocycles. The number of rotatable bonds is 6. The third-order valence-corrected chi connectivity index (χ3v) is 5.26. The zero-order valence-corrected chi connectivity index (χ0v) is 16.8. The van der Waals surface area contributed by atoms with Crippen molar-refractivity contribution in [1.82, 2.24) is 10.2 Å². The lowest BCUT2D eigenvalue weighted by Gasteiger charge is -2.30. The van der Waals surface area contributed by atoms with Gasteiger partial charge in [0.15, 0.2) is 11.5 Å². The fourth-order valence-corrected chi connectivity index (χ4v) is 3.57. The molecule has 3 aliphatic rings. The lowest BCUT2D eigenvalue weighted by Crippen LogP contribution is -2.45. The Morgan fingerprint density at radius 1 is 1.28 bits per heavy atom. The molecule has 4 rings (SSSR count). The molecule has 1 atom stereocenters.